The molecule has 2 unspecified atom stereocenters. The molecule has 0 spiro atoms. The van der Waals surface area contributed by atoms with E-state index in [9.17, 15) is 9.90 Å². The molecule has 0 bridgehead atoms. The van der Waals surface area contributed by atoms with Crippen LogP contribution in [0.1, 0.15) is 19.0 Å². The van der Waals surface area contributed by atoms with Gasteiger partial charge in [0.15, 0.2) is 4.96 Å². The minimum Gasteiger partial charge on any atom is -0.393 e. The van der Waals surface area contributed by atoms with Crippen molar-refractivity contribution in [2.75, 3.05) is 13.1 Å². The summed E-state index contributed by atoms with van der Waals surface area (Å²) in [4.78, 5) is 19.4. The van der Waals surface area contributed by atoms with Crippen LogP contribution in [0.5, 0.6) is 0 Å². The lowest BCUT2D eigenvalue weighted by molar-refractivity contribution is -0.134. The number of piperidine rings is 1. The SMILES string of the molecule is CC1CN(C(=O)Cc2cn3ccsc3n2)CCC1O. The molecular formula is C13H17N3O2S. The molecule has 2 aromatic rings. The minimum absolute atomic E-state index is 0.101. The molecular weight excluding hydrogens is 262 g/mol. The molecule has 6 heteroatoms. The predicted molar refractivity (Wildman–Crippen MR) is 73.1 cm³/mol. The fourth-order valence-electron chi connectivity index (χ4n) is 2.49. The van der Waals surface area contributed by atoms with Crippen molar-refractivity contribution >= 4 is 22.2 Å². The van der Waals surface area contributed by atoms with Crippen molar-refractivity contribution in [2.45, 2.75) is 25.9 Å². The van der Waals surface area contributed by atoms with Crippen LogP contribution in [0.25, 0.3) is 4.96 Å². The van der Waals surface area contributed by atoms with Gasteiger partial charge in [0.25, 0.3) is 0 Å². The molecule has 5 nitrogen and oxygen atoms in total. The molecule has 0 saturated carbocycles. The van der Waals surface area contributed by atoms with Gasteiger partial charge in [-0.15, -0.1) is 11.3 Å². The molecule has 1 N–H and O–H groups in total. The van der Waals surface area contributed by atoms with Gasteiger partial charge in [-0.25, -0.2) is 4.98 Å². The van der Waals surface area contributed by atoms with Gasteiger partial charge < -0.3 is 10.0 Å². The number of hydrogen-bond acceptors (Lipinski definition) is 4. The van der Waals surface area contributed by atoms with Crippen molar-refractivity contribution in [3.05, 3.63) is 23.5 Å². The Balaban J connectivity index is 1.66. The van der Waals surface area contributed by atoms with E-state index in [0.29, 0.717) is 25.9 Å². The van der Waals surface area contributed by atoms with Crippen LogP contribution in [0.4, 0.5) is 0 Å². The molecule has 0 aromatic carbocycles. The van der Waals surface area contributed by atoms with Crippen molar-refractivity contribution in [3.63, 3.8) is 0 Å². The molecule has 1 aliphatic heterocycles. The van der Waals surface area contributed by atoms with Crippen molar-refractivity contribution in [3.8, 4) is 0 Å². The zero-order valence-electron chi connectivity index (χ0n) is 10.8. The van der Waals surface area contributed by atoms with E-state index in [1.807, 2.05) is 34.0 Å². The molecule has 1 amide bonds. The molecule has 19 heavy (non-hydrogen) atoms. The van der Waals surface area contributed by atoms with Crippen LogP contribution in [0.2, 0.25) is 0 Å². The number of likely N-dealkylation sites (tertiary alicyclic amines) is 1. The Morgan fingerprint density at radius 1 is 1.63 bits per heavy atom. The molecule has 2 aromatic heterocycles. The average molecular weight is 279 g/mol. The maximum absolute atomic E-state index is 12.2. The smallest absolute Gasteiger partial charge is 0.228 e. The Morgan fingerprint density at radius 2 is 2.47 bits per heavy atom. The standard InChI is InChI=1S/C13H17N3O2S/c1-9-7-15(3-2-11(9)17)12(18)6-10-8-16-4-5-19-13(16)14-10/h4-5,8-9,11,17H,2-3,6-7H2,1H3. The summed E-state index contributed by atoms with van der Waals surface area (Å²) >= 11 is 1.57. The predicted octanol–water partition coefficient (Wildman–Crippen LogP) is 1.17. The number of aliphatic hydroxyl groups excluding tert-OH is 1. The number of carbonyl (C=O) groups excluding carboxylic acids is 1. The normalized spacial score (nSPS) is 24.0. The Hall–Kier alpha value is -1.40. The second kappa shape index (κ2) is 4.94. The maximum Gasteiger partial charge on any atom is 0.228 e. The number of thiazole rings is 1. The van der Waals surface area contributed by atoms with Gasteiger partial charge in [0.05, 0.1) is 18.2 Å². The van der Waals surface area contributed by atoms with E-state index in [1.165, 1.54) is 0 Å². The first kappa shape index (κ1) is 12.6. The van der Waals surface area contributed by atoms with Crippen LogP contribution >= 0.6 is 11.3 Å². The highest BCUT2D eigenvalue weighted by Crippen LogP contribution is 2.18. The average Bonchev–Trinajstić information content (AvgIpc) is 2.93. The fraction of sp³-hybridized carbons (Fsp3) is 0.538. The second-order valence-corrected chi connectivity index (χ2v) is 6.05. The summed E-state index contributed by atoms with van der Waals surface area (Å²) in [5.74, 6) is 0.257. The van der Waals surface area contributed by atoms with E-state index < -0.39 is 0 Å². The Morgan fingerprint density at radius 3 is 3.21 bits per heavy atom. The summed E-state index contributed by atoms with van der Waals surface area (Å²) in [5, 5.41) is 11.7. The quantitative estimate of drug-likeness (QED) is 0.897. The van der Waals surface area contributed by atoms with E-state index in [2.05, 4.69) is 4.98 Å². The lowest BCUT2D eigenvalue weighted by Crippen LogP contribution is -2.45. The third-order valence-electron chi connectivity index (χ3n) is 3.69. The van der Waals surface area contributed by atoms with Gasteiger partial charge in [0.2, 0.25) is 5.91 Å². The molecule has 2 atom stereocenters. The van der Waals surface area contributed by atoms with Crippen molar-refractivity contribution in [1.29, 1.82) is 0 Å². The third kappa shape index (κ3) is 2.50. The molecule has 0 aliphatic carbocycles. The van der Waals surface area contributed by atoms with E-state index in [1.54, 1.807) is 11.3 Å². The van der Waals surface area contributed by atoms with E-state index in [0.717, 1.165) is 10.7 Å². The van der Waals surface area contributed by atoms with Crippen LogP contribution < -0.4 is 0 Å². The lowest BCUT2D eigenvalue weighted by Gasteiger charge is -2.34. The van der Waals surface area contributed by atoms with E-state index in [-0.39, 0.29) is 17.9 Å². The number of amides is 1. The third-order valence-corrected chi connectivity index (χ3v) is 4.46. The van der Waals surface area contributed by atoms with Gasteiger partial charge in [0, 0.05) is 30.9 Å². The largest absolute Gasteiger partial charge is 0.393 e. The van der Waals surface area contributed by atoms with E-state index in [4.69, 9.17) is 0 Å². The van der Waals surface area contributed by atoms with Gasteiger partial charge in [0.1, 0.15) is 0 Å². The summed E-state index contributed by atoms with van der Waals surface area (Å²) in [6, 6.07) is 0. The highest BCUT2D eigenvalue weighted by molar-refractivity contribution is 7.15. The highest BCUT2D eigenvalue weighted by Gasteiger charge is 2.27. The maximum atomic E-state index is 12.2. The summed E-state index contributed by atoms with van der Waals surface area (Å²) < 4.78 is 1.94. The summed E-state index contributed by atoms with van der Waals surface area (Å²) in [6.45, 7) is 3.27. The molecule has 1 fully saturated rings. The van der Waals surface area contributed by atoms with Crippen LogP contribution in [0.15, 0.2) is 17.8 Å². The van der Waals surface area contributed by atoms with E-state index >= 15 is 0 Å². The summed E-state index contributed by atoms with van der Waals surface area (Å²) in [5.41, 5.74) is 0.815. The number of imidazole rings is 1. The zero-order chi connectivity index (χ0) is 13.4. The molecule has 1 saturated heterocycles. The van der Waals surface area contributed by atoms with Crippen LogP contribution in [-0.2, 0) is 11.2 Å². The number of carbonyl (C=O) groups is 1. The van der Waals surface area contributed by atoms with Gasteiger partial charge in [-0.3, -0.25) is 9.20 Å². The summed E-state index contributed by atoms with van der Waals surface area (Å²) in [6.07, 6.45) is 4.59. The van der Waals surface area contributed by atoms with Gasteiger partial charge in [-0.05, 0) is 12.3 Å². The molecule has 102 valence electrons. The molecule has 1 aliphatic rings. The lowest BCUT2D eigenvalue weighted by atomic mass is 9.96. The first-order chi connectivity index (χ1) is 9.13. The van der Waals surface area contributed by atoms with Crippen molar-refractivity contribution < 1.29 is 9.90 Å². The van der Waals surface area contributed by atoms with Crippen molar-refractivity contribution in [1.82, 2.24) is 14.3 Å². The number of hydrogen-bond donors (Lipinski definition) is 1. The first-order valence-electron chi connectivity index (χ1n) is 6.50. The van der Waals surface area contributed by atoms with Crippen LogP contribution in [0, 0.1) is 5.92 Å². The zero-order valence-corrected chi connectivity index (χ0v) is 11.6. The highest BCUT2D eigenvalue weighted by atomic mass is 32.1. The monoisotopic (exact) mass is 279 g/mol. The first-order valence-corrected chi connectivity index (χ1v) is 7.38. The Labute approximate surface area is 115 Å². The van der Waals surface area contributed by atoms with Gasteiger partial charge >= 0.3 is 0 Å². The van der Waals surface area contributed by atoms with Gasteiger partial charge in [-0.2, -0.15) is 0 Å². The minimum atomic E-state index is -0.276. The van der Waals surface area contributed by atoms with Crippen LogP contribution in [0.3, 0.4) is 0 Å². The number of aliphatic hydroxyl groups is 1. The number of aromatic nitrogens is 2. The fourth-order valence-corrected chi connectivity index (χ4v) is 3.21. The second-order valence-electron chi connectivity index (χ2n) is 5.17. The topological polar surface area (TPSA) is 57.8 Å². The molecule has 3 rings (SSSR count). The Kier molecular flexibility index (Phi) is 3.28. The van der Waals surface area contributed by atoms with Gasteiger partial charge in [-0.1, -0.05) is 6.92 Å². The number of rotatable bonds is 2. The number of fused-ring (bicyclic) bond motifs is 1. The molecule has 3 heterocycles. The summed E-state index contributed by atoms with van der Waals surface area (Å²) in [7, 11) is 0. The Bertz CT molecular complexity index is 563. The molecule has 0 radical (unpaired) electrons. The number of nitrogens with zero attached hydrogens (tertiary/aromatic N) is 3. The van der Waals surface area contributed by atoms with Crippen LogP contribution in [-0.4, -0.2) is 44.5 Å². The van der Waals surface area contributed by atoms with Crippen molar-refractivity contribution in [2.24, 2.45) is 5.92 Å².